The molecule has 0 spiro atoms. The monoisotopic (exact) mass is 379 g/mol. The van der Waals surface area contributed by atoms with Crippen molar-refractivity contribution in [2.45, 2.75) is 19.0 Å². The maximum absolute atomic E-state index is 12.5. The van der Waals surface area contributed by atoms with Crippen LogP contribution in [0, 0.1) is 5.92 Å². The third kappa shape index (κ3) is 4.72. The zero-order valence-corrected chi connectivity index (χ0v) is 14.4. The van der Waals surface area contributed by atoms with E-state index < -0.39 is 11.7 Å². The molecule has 1 amide bonds. The third-order valence-electron chi connectivity index (χ3n) is 4.49. The van der Waals surface area contributed by atoms with E-state index in [9.17, 15) is 18.0 Å². The first-order chi connectivity index (χ1) is 11.4. The summed E-state index contributed by atoms with van der Waals surface area (Å²) >= 11 is 0. The number of carbonyl (C=O) groups is 1. The topological polar surface area (TPSA) is 61.4 Å². The summed E-state index contributed by atoms with van der Waals surface area (Å²) in [5.41, 5.74) is -0.857. The minimum absolute atomic E-state index is 0. The van der Waals surface area contributed by atoms with Crippen molar-refractivity contribution in [3.63, 3.8) is 0 Å². The van der Waals surface area contributed by atoms with Crippen molar-refractivity contribution in [3.8, 4) is 0 Å². The molecule has 10 heteroatoms. The smallest absolute Gasteiger partial charge is 0.339 e. The minimum Gasteiger partial charge on any atom is -0.339 e. The second kappa shape index (κ2) is 8.18. The molecule has 3 heterocycles. The van der Waals surface area contributed by atoms with Crippen LogP contribution in [0.25, 0.3) is 0 Å². The van der Waals surface area contributed by atoms with E-state index in [1.165, 1.54) is 0 Å². The van der Waals surface area contributed by atoms with E-state index in [4.69, 9.17) is 0 Å². The molecular weight excluding hydrogens is 359 g/mol. The number of nitrogens with zero attached hydrogens (tertiary/aromatic N) is 4. The molecule has 2 fully saturated rings. The van der Waals surface area contributed by atoms with E-state index in [0.29, 0.717) is 26.2 Å². The largest absolute Gasteiger partial charge is 0.419 e. The van der Waals surface area contributed by atoms with Gasteiger partial charge in [0.2, 0.25) is 11.9 Å². The van der Waals surface area contributed by atoms with Gasteiger partial charge in [-0.2, -0.15) is 13.2 Å². The van der Waals surface area contributed by atoms with Crippen LogP contribution in [-0.2, 0) is 11.0 Å². The Morgan fingerprint density at radius 3 is 2.32 bits per heavy atom. The fraction of sp³-hybridized carbons (Fsp3) is 0.667. The van der Waals surface area contributed by atoms with E-state index in [0.717, 1.165) is 38.3 Å². The Balaban J connectivity index is 0.00000225. The van der Waals surface area contributed by atoms with Gasteiger partial charge in [0.1, 0.15) is 0 Å². The van der Waals surface area contributed by atoms with Crippen LogP contribution >= 0.6 is 12.4 Å². The summed E-state index contributed by atoms with van der Waals surface area (Å²) in [5, 5.41) is 3.24. The average Bonchev–Trinajstić information content (AvgIpc) is 2.61. The second-order valence-electron chi connectivity index (χ2n) is 6.13. The number of piperidine rings is 1. The van der Waals surface area contributed by atoms with Crippen molar-refractivity contribution < 1.29 is 18.0 Å². The summed E-state index contributed by atoms with van der Waals surface area (Å²) in [6.07, 6.45) is -0.914. The van der Waals surface area contributed by atoms with E-state index in [1.807, 2.05) is 9.80 Å². The molecule has 0 bridgehead atoms. The van der Waals surface area contributed by atoms with Crippen LogP contribution in [0.4, 0.5) is 19.1 Å². The molecular formula is C15H21ClF3N5O. The summed E-state index contributed by atoms with van der Waals surface area (Å²) in [5.74, 6) is 0.470. The van der Waals surface area contributed by atoms with Crippen LogP contribution in [0.5, 0.6) is 0 Å². The Hall–Kier alpha value is -1.61. The highest BCUT2D eigenvalue weighted by Gasteiger charge is 2.32. The van der Waals surface area contributed by atoms with Gasteiger partial charge in [0, 0.05) is 45.1 Å². The Labute approximate surface area is 150 Å². The summed E-state index contributed by atoms with van der Waals surface area (Å²) in [4.78, 5) is 23.7. The number of rotatable bonds is 2. The first-order valence-corrected chi connectivity index (χ1v) is 8.09. The Kier molecular flexibility index (Phi) is 6.45. The van der Waals surface area contributed by atoms with Crippen LogP contribution in [0.3, 0.4) is 0 Å². The SMILES string of the molecule is Cl.O=C([C@H]1CCCNC1)N1CCN(c2ncc(C(F)(F)F)cn2)CC1. The molecule has 0 saturated carbocycles. The van der Waals surface area contributed by atoms with Crippen molar-refractivity contribution >= 4 is 24.3 Å². The molecule has 1 atom stereocenters. The molecule has 25 heavy (non-hydrogen) atoms. The number of halogens is 4. The molecule has 0 unspecified atom stereocenters. The predicted octanol–water partition coefficient (Wildman–Crippen LogP) is 1.57. The normalized spacial score (nSPS) is 21.6. The Morgan fingerprint density at radius 2 is 1.80 bits per heavy atom. The lowest BCUT2D eigenvalue weighted by Gasteiger charge is -2.37. The summed E-state index contributed by atoms with van der Waals surface area (Å²) in [6, 6.07) is 0. The molecule has 6 nitrogen and oxygen atoms in total. The summed E-state index contributed by atoms with van der Waals surface area (Å²) in [6.45, 7) is 3.82. The van der Waals surface area contributed by atoms with Crippen LogP contribution in [0.2, 0.25) is 0 Å². The summed E-state index contributed by atoms with van der Waals surface area (Å²) in [7, 11) is 0. The van der Waals surface area contributed by atoms with Crippen LogP contribution < -0.4 is 10.2 Å². The van der Waals surface area contributed by atoms with Crippen molar-refractivity contribution in [1.82, 2.24) is 20.2 Å². The lowest BCUT2D eigenvalue weighted by molar-refractivity contribution is -0.138. The number of anilines is 1. The van der Waals surface area contributed by atoms with Gasteiger partial charge in [-0.1, -0.05) is 0 Å². The van der Waals surface area contributed by atoms with Crippen LogP contribution in [0.15, 0.2) is 12.4 Å². The standard InChI is InChI=1S/C15H20F3N5O.ClH/c16-15(17,18)12-9-20-14(21-10-12)23-6-4-22(5-7-23)13(24)11-2-1-3-19-8-11;/h9-11,19H,1-8H2;1H/t11-;/m0./s1. The lowest BCUT2D eigenvalue weighted by Crippen LogP contribution is -2.52. The molecule has 0 aliphatic carbocycles. The van der Waals surface area contributed by atoms with Gasteiger partial charge >= 0.3 is 6.18 Å². The minimum atomic E-state index is -4.43. The highest BCUT2D eigenvalue weighted by atomic mass is 35.5. The number of aromatic nitrogens is 2. The van der Waals surface area contributed by atoms with E-state index >= 15 is 0 Å². The number of piperazine rings is 1. The summed E-state index contributed by atoms with van der Waals surface area (Å²) < 4.78 is 37.6. The van der Waals surface area contributed by atoms with Gasteiger partial charge in [0.05, 0.1) is 11.5 Å². The number of amides is 1. The predicted molar refractivity (Wildman–Crippen MR) is 88.7 cm³/mol. The molecule has 2 aliphatic rings. The maximum atomic E-state index is 12.5. The molecule has 0 radical (unpaired) electrons. The van der Waals surface area contributed by atoms with Gasteiger partial charge < -0.3 is 15.1 Å². The van der Waals surface area contributed by atoms with Crippen LogP contribution in [-0.4, -0.2) is 60.0 Å². The lowest BCUT2D eigenvalue weighted by atomic mass is 9.98. The van der Waals surface area contributed by atoms with Crippen molar-refractivity contribution in [3.05, 3.63) is 18.0 Å². The molecule has 2 saturated heterocycles. The van der Waals surface area contributed by atoms with E-state index in [2.05, 4.69) is 15.3 Å². The van der Waals surface area contributed by atoms with Crippen molar-refractivity contribution in [1.29, 1.82) is 0 Å². The van der Waals surface area contributed by atoms with E-state index in [-0.39, 0.29) is 30.2 Å². The van der Waals surface area contributed by atoms with Crippen molar-refractivity contribution in [2.75, 3.05) is 44.2 Å². The van der Waals surface area contributed by atoms with Gasteiger partial charge in [-0.3, -0.25) is 4.79 Å². The maximum Gasteiger partial charge on any atom is 0.419 e. The zero-order chi connectivity index (χ0) is 17.2. The zero-order valence-electron chi connectivity index (χ0n) is 13.6. The Bertz CT molecular complexity index is 570. The molecule has 140 valence electrons. The van der Waals surface area contributed by atoms with E-state index in [1.54, 1.807) is 0 Å². The van der Waals surface area contributed by atoms with Gasteiger partial charge in [0.25, 0.3) is 0 Å². The molecule has 3 rings (SSSR count). The third-order valence-corrected chi connectivity index (χ3v) is 4.49. The molecule has 1 aromatic rings. The number of carbonyl (C=O) groups excluding carboxylic acids is 1. The second-order valence-corrected chi connectivity index (χ2v) is 6.13. The number of hydrogen-bond donors (Lipinski definition) is 1. The fourth-order valence-electron chi connectivity index (χ4n) is 3.08. The number of hydrogen-bond acceptors (Lipinski definition) is 5. The van der Waals surface area contributed by atoms with Crippen molar-refractivity contribution in [2.24, 2.45) is 5.92 Å². The number of nitrogens with one attached hydrogen (secondary N) is 1. The van der Waals surface area contributed by atoms with Gasteiger partial charge in [-0.15, -0.1) is 12.4 Å². The molecule has 0 aromatic carbocycles. The van der Waals surface area contributed by atoms with Gasteiger partial charge in [-0.25, -0.2) is 9.97 Å². The van der Waals surface area contributed by atoms with Gasteiger partial charge in [-0.05, 0) is 19.4 Å². The molecule has 1 N–H and O–H groups in total. The number of alkyl halides is 3. The quantitative estimate of drug-likeness (QED) is 0.845. The Morgan fingerprint density at radius 1 is 1.16 bits per heavy atom. The van der Waals surface area contributed by atoms with Crippen LogP contribution in [0.1, 0.15) is 18.4 Å². The highest BCUT2D eigenvalue weighted by Crippen LogP contribution is 2.28. The molecule has 2 aliphatic heterocycles. The fourth-order valence-corrected chi connectivity index (χ4v) is 3.08. The molecule has 1 aromatic heterocycles. The first kappa shape index (κ1) is 19.7. The first-order valence-electron chi connectivity index (χ1n) is 8.09. The highest BCUT2D eigenvalue weighted by molar-refractivity contribution is 5.85. The van der Waals surface area contributed by atoms with Gasteiger partial charge in [0.15, 0.2) is 0 Å². The average molecular weight is 380 g/mol.